The molecule has 2 rings (SSSR count). The molecule has 1 saturated heterocycles. The molecule has 0 aliphatic carbocycles. The number of likely N-dealkylation sites (tertiary alicyclic amines) is 1. The Balaban J connectivity index is 2.00. The van der Waals surface area contributed by atoms with Crippen molar-refractivity contribution >= 4 is 11.9 Å². The van der Waals surface area contributed by atoms with E-state index in [1.165, 1.54) is 0 Å². The van der Waals surface area contributed by atoms with E-state index in [9.17, 15) is 14.7 Å². The normalized spacial score (nSPS) is 21.0. The molecule has 1 aromatic rings. The summed E-state index contributed by atoms with van der Waals surface area (Å²) in [5.41, 5.74) is 0.0613. The van der Waals surface area contributed by atoms with E-state index >= 15 is 0 Å². The lowest BCUT2D eigenvalue weighted by Gasteiger charge is -2.37. The van der Waals surface area contributed by atoms with Crippen molar-refractivity contribution in [3.05, 3.63) is 29.8 Å². The first-order chi connectivity index (χ1) is 10.9. The van der Waals surface area contributed by atoms with Crippen LogP contribution in [0.5, 0.6) is 5.75 Å². The standard InChI is InChI=1S/C18H25NO4/c1-3-10-23-15-7-4-6-14(11-15)12-16(20)19-9-5-8-18(2,13-19)17(21)22/h4,6-7,11H,3,5,8-10,12-13H2,1-2H3,(H,21,22). The predicted molar refractivity (Wildman–Crippen MR) is 87.5 cm³/mol. The lowest BCUT2D eigenvalue weighted by molar-refractivity contribution is -0.153. The van der Waals surface area contributed by atoms with Crippen molar-refractivity contribution in [3.8, 4) is 5.75 Å². The number of carbonyl (C=O) groups excluding carboxylic acids is 1. The highest BCUT2D eigenvalue weighted by atomic mass is 16.5. The molecular weight excluding hydrogens is 294 g/mol. The molecule has 1 unspecified atom stereocenters. The number of benzene rings is 1. The van der Waals surface area contributed by atoms with Crippen LogP contribution >= 0.6 is 0 Å². The van der Waals surface area contributed by atoms with Crippen LogP contribution < -0.4 is 4.74 Å². The second kappa shape index (κ2) is 7.49. The molecule has 0 saturated carbocycles. The maximum atomic E-state index is 12.5. The van der Waals surface area contributed by atoms with Crippen molar-refractivity contribution in [2.45, 2.75) is 39.5 Å². The van der Waals surface area contributed by atoms with E-state index in [2.05, 4.69) is 0 Å². The molecule has 5 heteroatoms. The smallest absolute Gasteiger partial charge is 0.311 e. The van der Waals surface area contributed by atoms with Gasteiger partial charge in [-0.25, -0.2) is 0 Å². The maximum Gasteiger partial charge on any atom is 0.311 e. The second-order valence-corrected chi connectivity index (χ2v) is 6.46. The third-order valence-corrected chi connectivity index (χ3v) is 4.29. The number of carbonyl (C=O) groups is 2. The van der Waals surface area contributed by atoms with Crippen molar-refractivity contribution in [2.24, 2.45) is 5.41 Å². The summed E-state index contributed by atoms with van der Waals surface area (Å²) >= 11 is 0. The molecular formula is C18H25NO4. The van der Waals surface area contributed by atoms with Gasteiger partial charge in [-0.1, -0.05) is 19.1 Å². The van der Waals surface area contributed by atoms with Gasteiger partial charge in [0.25, 0.3) is 0 Å². The number of carboxylic acids is 1. The molecule has 1 heterocycles. The summed E-state index contributed by atoms with van der Waals surface area (Å²) in [5, 5.41) is 9.35. The van der Waals surface area contributed by atoms with Gasteiger partial charge < -0.3 is 14.7 Å². The van der Waals surface area contributed by atoms with E-state index in [1.54, 1.807) is 11.8 Å². The van der Waals surface area contributed by atoms with Crippen LogP contribution in [-0.2, 0) is 16.0 Å². The number of ether oxygens (including phenoxy) is 1. The van der Waals surface area contributed by atoms with Gasteiger partial charge in [0.1, 0.15) is 5.75 Å². The average Bonchev–Trinajstić information content (AvgIpc) is 2.53. The quantitative estimate of drug-likeness (QED) is 0.875. The summed E-state index contributed by atoms with van der Waals surface area (Å²) in [6.45, 7) is 5.33. The number of carboxylic acid groups (broad SMARTS) is 1. The Labute approximate surface area is 137 Å². The molecule has 1 aromatic carbocycles. The highest BCUT2D eigenvalue weighted by Crippen LogP contribution is 2.30. The predicted octanol–water partition coefficient (Wildman–Crippen LogP) is 2.73. The Morgan fingerprint density at radius 1 is 1.39 bits per heavy atom. The third kappa shape index (κ3) is 4.47. The number of aliphatic carboxylic acids is 1. The Morgan fingerprint density at radius 3 is 2.87 bits per heavy atom. The van der Waals surface area contributed by atoms with Gasteiger partial charge in [0.15, 0.2) is 0 Å². The molecule has 126 valence electrons. The number of rotatable bonds is 6. The maximum absolute atomic E-state index is 12.5. The number of hydrogen-bond donors (Lipinski definition) is 1. The summed E-state index contributed by atoms with van der Waals surface area (Å²) in [6, 6.07) is 7.54. The molecule has 1 atom stereocenters. The van der Waals surface area contributed by atoms with Crippen LogP contribution in [0.3, 0.4) is 0 Å². The minimum Gasteiger partial charge on any atom is -0.494 e. The molecule has 1 aliphatic heterocycles. The first-order valence-corrected chi connectivity index (χ1v) is 8.17. The number of piperidine rings is 1. The van der Waals surface area contributed by atoms with Crippen LogP contribution in [0.25, 0.3) is 0 Å². The van der Waals surface area contributed by atoms with Crippen LogP contribution in [0, 0.1) is 5.41 Å². The van der Waals surface area contributed by atoms with Crippen LogP contribution in [0.4, 0.5) is 0 Å². The van der Waals surface area contributed by atoms with Crippen molar-refractivity contribution < 1.29 is 19.4 Å². The molecule has 0 spiro atoms. The lowest BCUT2D eigenvalue weighted by atomic mass is 9.82. The van der Waals surface area contributed by atoms with Gasteiger partial charge in [-0.3, -0.25) is 9.59 Å². The third-order valence-electron chi connectivity index (χ3n) is 4.29. The van der Waals surface area contributed by atoms with Gasteiger partial charge >= 0.3 is 5.97 Å². The lowest BCUT2D eigenvalue weighted by Crippen LogP contribution is -2.48. The van der Waals surface area contributed by atoms with Crippen molar-refractivity contribution in [3.63, 3.8) is 0 Å². The van der Waals surface area contributed by atoms with Gasteiger partial charge in [-0.05, 0) is 43.9 Å². The Kier molecular flexibility index (Phi) is 5.64. The molecule has 1 N–H and O–H groups in total. The van der Waals surface area contributed by atoms with E-state index in [1.807, 2.05) is 31.2 Å². The monoisotopic (exact) mass is 319 g/mol. The zero-order valence-electron chi connectivity index (χ0n) is 13.9. The highest BCUT2D eigenvalue weighted by Gasteiger charge is 2.39. The van der Waals surface area contributed by atoms with Gasteiger partial charge in [0, 0.05) is 13.1 Å². The van der Waals surface area contributed by atoms with Crippen molar-refractivity contribution in [2.75, 3.05) is 19.7 Å². The number of hydrogen-bond acceptors (Lipinski definition) is 3. The highest BCUT2D eigenvalue weighted by molar-refractivity contribution is 5.81. The topological polar surface area (TPSA) is 66.8 Å². The van der Waals surface area contributed by atoms with E-state index < -0.39 is 11.4 Å². The summed E-state index contributed by atoms with van der Waals surface area (Å²) in [4.78, 5) is 25.6. The zero-order valence-corrected chi connectivity index (χ0v) is 13.9. The van der Waals surface area contributed by atoms with E-state index in [-0.39, 0.29) is 18.9 Å². The largest absolute Gasteiger partial charge is 0.494 e. The number of nitrogens with zero attached hydrogens (tertiary/aromatic N) is 1. The average molecular weight is 319 g/mol. The van der Waals surface area contributed by atoms with Crippen LogP contribution in [0.2, 0.25) is 0 Å². The van der Waals surface area contributed by atoms with E-state index in [4.69, 9.17) is 4.74 Å². The molecule has 5 nitrogen and oxygen atoms in total. The SMILES string of the molecule is CCCOc1cccc(CC(=O)N2CCCC(C)(C(=O)O)C2)c1. The molecule has 1 amide bonds. The summed E-state index contributed by atoms with van der Waals surface area (Å²) in [6.07, 6.45) is 2.56. The summed E-state index contributed by atoms with van der Waals surface area (Å²) in [5.74, 6) is -0.0825. The molecule has 1 fully saturated rings. The summed E-state index contributed by atoms with van der Waals surface area (Å²) in [7, 11) is 0. The Hall–Kier alpha value is -2.04. The molecule has 1 aliphatic rings. The van der Waals surface area contributed by atoms with Gasteiger partial charge in [0.2, 0.25) is 5.91 Å². The number of amides is 1. The fraction of sp³-hybridized carbons (Fsp3) is 0.556. The second-order valence-electron chi connectivity index (χ2n) is 6.46. The zero-order chi connectivity index (χ0) is 16.9. The van der Waals surface area contributed by atoms with Crippen molar-refractivity contribution in [1.29, 1.82) is 0 Å². The van der Waals surface area contributed by atoms with Gasteiger partial charge in [-0.15, -0.1) is 0 Å². The van der Waals surface area contributed by atoms with Crippen molar-refractivity contribution in [1.82, 2.24) is 4.90 Å². The first-order valence-electron chi connectivity index (χ1n) is 8.17. The van der Waals surface area contributed by atoms with E-state index in [0.29, 0.717) is 19.6 Å². The van der Waals surface area contributed by atoms with Crippen LogP contribution in [0.1, 0.15) is 38.7 Å². The molecule has 0 aromatic heterocycles. The molecule has 0 bridgehead atoms. The Morgan fingerprint density at radius 2 is 2.17 bits per heavy atom. The minimum atomic E-state index is -0.833. The minimum absolute atomic E-state index is 0.0233. The fourth-order valence-electron chi connectivity index (χ4n) is 2.88. The first kappa shape index (κ1) is 17.3. The Bertz CT molecular complexity index is 572. The van der Waals surface area contributed by atoms with E-state index in [0.717, 1.165) is 24.2 Å². The van der Waals surface area contributed by atoms with Crippen LogP contribution in [-0.4, -0.2) is 41.6 Å². The molecule has 0 radical (unpaired) electrons. The fourth-order valence-corrected chi connectivity index (χ4v) is 2.88. The van der Waals surface area contributed by atoms with Gasteiger partial charge in [-0.2, -0.15) is 0 Å². The molecule has 23 heavy (non-hydrogen) atoms. The summed E-state index contributed by atoms with van der Waals surface area (Å²) < 4.78 is 5.58. The van der Waals surface area contributed by atoms with Gasteiger partial charge in [0.05, 0.1) is 18.4 Å². The van der Waals surface area contributed by atoms with Crippen LogP contribution in [0.15, 0.2) is 24.3 Å².